The van der Waals surface area contributed by atoms with Crippen LogP contribution >= 0.6 is 11.3 Å². The Kier molecular flexibility index (Phi) is 4.12. The van der Waals surface area contributed by atoms with Crippen LogP contribution in [0.3, 0.4) is 0 Å². The molecule has 128 valence electrons. The molecule has 1 saturated carbocycles. The summed E-state index contributed by atoms with van der Waals surface area (Å²) in [5, 5.41) is 11.1. The van der Waals surface area contributed by atoms with Gasteiger partial charge in [0, 0.05) is 43.9 Å². The number of anilines is 2. The van der Waals surface area contributed by atoms with Crippen molar-refractivity contribution in [3.05, 3.63) is 22.6 Å². The summed E-state index contributed by atoms with van der Waals surface area (Å²) in [6.07, 6.45) is 4.82. The number of aryl methyl sites for hydroxylation is 2. The zero-order valence-corrected chi connectivity index (χ0v) is 15.4. The summed E-state index contributed by atoms with van der Waals surface area (Å²) in [7, 11) is 2.16. The van der Waals surface area contributed by atoms with Gasteiger partial charge < -0.3 is 9.80 Å². The molecule has 2 aliphatic rings. The highest BCUT2D eigenvalue weighted by molar-refractivity contribution is 7.15. The third kappa shape index (κ3) is 3.22. The van der Waals surface area contributed by atoms with Gasteiger partial charge in [0.15, 0.2) is 0 Å². The van der Waals surface area contributed by atoms with Crippen LogP contribution < -0.4 is 9.80 Å². The van der Waals surface area contributed by atoms with Crippen LogP contribution in [0.1, 0.15) is 48.1 Å². The van der Waals surface area contributed by atoms with Crippen molar-refractivity contribution in [2.75, 3.05) is 29.9 Å². The zero-order valence-electron chi connectivity index (χ0n) is 14.6. The molecule has 0 unspecified atom stereocenters. The van der Waals surface area contributed by atoms with E-state index in [2.05, 4.69) is 43.1 Å². The molecule has 0 aromatic carbocycles. The molecule has 0 N–H and O–H groups in total. The summed E-state index contributed by atoms with van der Waals surface area (Å²) in [5.74, 6) is 2.61. The molecule has 3 heterocycles. The Morgan fingerprint density at radius 1 is 1.08 bits per heavy atom. The fourth-order valence-corrected chi connectivity index (χ4v) is 4.41. The summed E-state index contributed by atoms with van der Waals surface area (Å²) in [5.41, 5.74) is 1.04. The first-order valence-corrected chi connectivity index (χ1v) is 9.55. The number of rotatable bonds is 4. The van der Waals surface area contributed by atoms with E-state index in [-0.39, 0.29) is 0 Å². The topological polar surface area (TPSA) is 58.0 Å². The van der Waals surface area contributed by atoms with Crippen molar-refractivity contribution in [3.8, 4) is 0 Å². The van der Waals surface area contributed by atoms with Gasteiger partial charge >= 0.3 is 0 Å². The van der Waals surface area contributed by atoms with Crippen molar-refractivity contribution >= 4 is 22.3 Å². The van der Waals surface area contributed by atoms with Gasteiger partial charge in [-0.1, -0.05) is 11.3 Å². The van der Waals surface area contributed by atoms with Crippen LogP contribution in [0.5, 0.6) is 0 Å². The van der Waals surface area contributed by atoms with Gasteiger partial charge in [-0.05, 0) is 39.5 Å². The largest absolute Gasteiger partial charge is 0.356 e. The fraction of sp³-hybridized carbons (Fsp3) is 0.647. The van der Waals surface area contributed by atoms with Crippen LogP contribution in [0.15, 0.2) is 6.07 Å². The van der Waals surface area contributed by atoms with Gasteiger partial charge in [-0.15, -0.1) is 10.2 Å². The minimum Gasteiger partial charge on any atom is -0.356 e. The third-order valence-electron chi connectivity index (χ3n) is 4.95. The van der Waals surface area contributed by atoms with Gasteiger partial charge in [0.05, 0.1) is 0 Å². The van der Waals surface area contributed by atoms with Crippen LogP contribution in [-0.2, 0) is 0 Å². The number of aromatic nitrogens is 4. The summed E-state index contributed by atoms with van der Waals surface area (Å²) in [6.45, 7) is 6.05. The molecule has 1 saturated heterocycles. The lowest BCUT2D eigenvalue weighted by atomic mass is 10.0. The highest BCUT2D eigenvalue weighted by Crippen LogP contribution is 2.42. The molecular formula is C17H24N6S. The van der Waals surface area contributed by atoms with Crippen LogP contribution in [0.4, 0.5) is 10.9 Å². The molecule has 2 aromatic rings. The summed E-state index contributed by atoms with van der Waals surface area (Å²) in [6, 6.07) is 2.62. The predicted molar refractivity (Wildman–Crippen MR) is 97.0 cm³/mol. The number of hydrogen-bond acceptors (Lipinski definition) is 7. The summed E-state index contributed by atoms with van der Waals surface area (Å²) >= 11 is 1.78. The van der Waals surface area contributed by atoms with Gasteiger partial charge in [-0.3, -0.25) is 0 Å². The molecule has 0 atom stereocenters. The maximum Gasteiger partial charge on any atom is 0.208 e. The smallest absolute Gasteiger partial charge is 0.208 e. The maximum absolute atomic E-state index is 4.60. The van der Waals surface area contributed by atoms with Crippen LogP contribution in [-0.4, -0.2) is 46.3 Å². The van der Waals surface area contributed by atoms with Crippen LogP contribution in [0, 0.1) is 13.8 Å². The van der Waals surface area contributed by atoms with Crippen molar-refractivity contribution in [1.29, 1.82) is 0 Å². The lowest BCUT2D eigenvalue weighted by Gasteiger charge is -2.37. The van der Waals surface area contributed by atoms with Gasteiger partial charge in [-0.2, -0.15) is 0 Å². The van der Waals surface area contributed by atoms with Crippen LogP contribution in [0.2, 0.25) is 0 Å². The Balaban J connectivity index is 1.39. The van der Waals surface area contributed by atoms with Crippen molar-refractivity contribution in [3.63, 3.8) is 0 Å². The highest BCUT2D eigenvalue weighted by atomic mass is 32.1. The highest BCUT2D eigenvalue weighted by Gasteiger charge is 2.30. The van der Waals surface area contributed by atoms with Crippen molar-refractivity contribution in [2.24, 2.45) is 0 Å². The van der Waals surface area contributed by atoms with E-state index in [0.29, 0.717) is 12.0 Å². The summed E-state index contributed by atoms with van der Waals surface area (Å²) < 4.78 is 0. The average Bonchev–Trinajstić information content (AvgIpc) is 3.31. The lowest BCUT2D eigenvalue weighted by Crippen LogP contribution is -2.43. The molecule has 0 radical (unpaired) electrons. The molecular weight excluding hydrogens is 320 g/mol. The van der Waals surface area contributed by atoms with E-state index in [4.69, 9.17) is 0 Å². The Morgan fingerprint density at radius 2 is 1.83 bits per heavy atom. The molecule has 4 rings (SSSR count). The SMILES string of the molecule is Cc1cc(N2CCC(N(C)c3nnc(C4CC4)s3)CC2)nc(C)n1. The fourth-order valence-electron chi connectivity index (χ4n) is 3.36. The normalized spacial score (nSPS) is 18.9. The van der Waals surface area contributed by atoms with E-state index in [1.165, 1.54) is 17.8 Å². The number of hydrogen-bond donors (Lipinski definition) is 0. The minimum atomic E-state index is 0.533. The second kappa shape index (κ2) is 6.27. The second-order valence-corrected chi connectivity index (χ2v) is 7.93. The number of piperidine rings is 1. The third-order valence-corrected chi connectivity index (χ3v) is 6.12. The average molecular weight is 344 g/mol. The Bertz CT molecular complexity index is 697. The zero-order chi connectivity index (χ0) is 16.7. The Labute approximate surface area is 146 Å². The van der Waals surface area contributed by atoms with E-state index in [9.17, 15) is 0 Å². The van der Waals surface area contributed by atoms with Gasteiger partial charge in [0.25, 0.3) is 0 Å². The molecule has 0 bridgehead atoms. The van der Waals surface area contributed by atoms with Crippen molar-refractivity contribution in [1.82, 2.24) is 20.2 Å². The molecule has 24 heavy (non-hydrogen) atoms. The molecule has 0 amide bonds. The van der Waals surface area contributed by atoms with Gasteiger partial charge in [0.1, 0.15) is 16.6 Å². The van der Waals surface area contributed by atoms with E-state index < -0.39 is 0 Å². The molecule has 1 aliphatic heterocycles. The van der Waals surface area contributed by atoms with Crippen molar-refractivity contribution < 1.29 is 0 Å². The Hall–Kier alpha value is -1.76. The van der Waals surface area contributed by atoms with Crippen LogP contribution in [0.25, 0.3) is 0 Å². The first-order chi connectivity index (χ1) is 11.6. The number of nitrogens with zero attached hydrogens (tertiary/aromatic N) is 6. The predicted octanol–water partition coefficient (Wildman–Crippen LogP) is 2.93. The molecule has 1 aliphatic carbocycles. The van der Waals surface area contributed by atoms with E-state index in [1.807, 2.05) is 13.8 Å². The molecule has 2 fully saturated rings. The first-order valence-electron chi connectivity index (χ1n) is 8.73. The van der Waals surface area contributed by atoms with E-state index >= 15 is 0 Å². The second-order valence-electron chi connectivity index (χ2n) is 6.94. The monoisotopic (exact) mass is 344 g/mol. The first kappa shape index (κ1) is 15.7. The van der Waals surface area contributed by atoms with E-state index in [0.717, 1.165) is 48.4 Å². The van der Waals surface area contributed by atoms with E-state index in [1.54, 1.807) is 11.3 Å². The lowest BCUT2D eigenvalue weighted by molar-refractivity contribution is 0.479. The molecule has 6 nitrogen and oxygen atoms in total. The molecule has 0 spiro atoms. The van der Waals surface area contributed by atoms with Gasteiger partial charge in [-0.25, -0.2) is 9.97 Å². The maximum atomic E-state index is 4.60. The van der Waals surface area contributed by atoms with Gasteiger partial charge in [0.2, 0.25) is 5.13 Å². The summed E-state index contributed by atoms with van der Waals surface area (Å²) in [4.78, 5) is 13.7. The molecule has 7 heteroatoms. The molecule has 2 aromatic heterocycles. The minimum absolute atomic E-state index is 0.533. The quantitative estimate of drug-likeness (QED) is 0.850. The standard InChI is InChI=1S/C17H24N6S/c1-11-10-15(19-12(2)18-11)23-8-6-14(7-9-23)22(3)17-21-20-16(24-17)13-4-5-13/h10,13-14H,4-9H2,1-3H3. The Morgan fingerprint density at radius 3 is 2.50 bits per heavy atom. The van der Waals surface area contributed by atoms with Crippen molar-refractivity contribution in [2.45, 2.75) is 51.5 Å².